The molecule has 0 aromatic heterocycles. The van der Waals surface area contributed by atoms with Crippen LogP contribution >= 0.6 is 11.8 Å². The van der Waals surface area contributed by atoms with Crippen molar-refractivity contribution in [2.75, 3.05) is 30.5 Å². The molecule has 0 fully saturated rings. The summed E-state index contributed by atoms with van der Waals surface area (Å²) in [7, 11) is 0. The highest BCUT2D eigenvalue weighted by Crippen LogP contribution is 2.11. The van der Waals surface area contributed by atoms with Gasteiger partial charge in [-0.05, 0) is 30.6 Å². The average molecular weight is 251 g/mol. The molecule has 0 radical (unpaired) electrons. The van der Waals surface area contributed by atoms with Crippen LogP contribution in [0.4, 0.5) is 5.69 Å². The quantitative estimate of drug-likeness (QED) is 0.537. The van der Waals surface area contributed by atoms with E-state index in [0.29, 0.717) is 12.6 Å². The first-order valence-electron chi connectivity index (χ1n) is 5.86. The Morgan fingerprint density at radius 2 is 2.18 bits per heavy atom. The molecule has 0 spiro atoms. The van der Waals surface area contributed by atoms with Crippen LogP contribution < -0.4 is 5.32 Å². The van der Waals surface area contributed by atoms with Crippen molar-refractivity contribution in [3.63, 3.8) is 0 Å². The Kier molecular flexibility index (Phi) is 7.60. The zero-order valence-corrected chi connectivity index (χ0v) is 11.2. The fourth-order valence-electron chi connectivity index (χ4n) is 1.52. The minimum absolute atomic E-state index is 0.366. The predicted octanol–water partition coefficient (Wildman–Crippen LogP) is 3.42. The number of para-hydroxylation sites is 1. The lowest BCUT2D eigenvalue weighted by molar-refractivity contribution is 0.151. The number of ether oxygens (including phenoxy) is 1. The molecule has 0 unspecified atom stereocenters. The molecule has 1 rings (SSSR count). The van der Waals surface area contributed by atoms with Crippen LogP contribution in [0.5, 0.6) is 0 Å². The Balaban J connectivity index is 2.41. The molecule has 0 amide bonds. The molecule has 3 heteroatoms. The van der Waals surface area contributed by atoms with Crippen molar-refractivity contribution in [1.29, 1.82) is 0 Å². The van der Waals surface area contributed by atoms with Crippen LogP contribution in [0.3, 0.4) is 0 Å². The van der Waals surface area contributed by atoms with E-state index in [1.165, 1.54) is 0 Å². The third-order valence-corrected chi connectivity index (χ3v) is 3.01. The Morgan fingerprint density at radius 1 is 1.41 bits per heavy atom. The second kappa shape index (κ2) is 9.14. The molecule has 0 aliphatic heterocycles. The Labute approximate surface area is 108 Å². The molecule has 0 saturated carbocycles. The van der Waals surface area contributed by atoms with Crippen molar-refractivity contribution in [3.05, 3.63) is 43.0 Å². The van der Waals surface area contributed by atoms with E-state index in [-0.39, 0.29) is 0 Å². The van der Waals surface area contributed by atoms with Gasteiger partial charge in [0.2, 0.25) is 0 Å². The zero-order valence-electron chi connectivity index (χ0n) is 10.4. The summed E-state index contributed by atoms with van der Waals surface area (Å²) < 4.78 is 5.52. The molecule has 1 aromatic rings. The average Bonchev–Trinajstić information content (AvgIpc) is 2.37. The van der Waals surface area contributed by atoms with E-state index in [1.807, 2.05) is 30.0 Å². The van der Waals surface area contributed by atoms with E-state index >= 15 is 0 Å². The minimum Gasteiger partial charge on any atom is -0.380 e. The van der Waals surface area contributed by atoms with Crippen molar-refractivity contribution in [1.82, 2.24) is 0 Å². The lowest BCUT2D eigenvalue weighted by Gasteiger charge is -2.19. The van der Waals surface area contributed by atoms with E-state index in [9.17, 15) is 0 Å². The number of hydrogen-bond donors (Lipinski definition) is 1. The van der Waals surface area contributed by atoms with Crippen molar-refractivity contribution >= 4 is 17.4 Å². The number of thioether (sulfide) groups is 1. The van der Waals surface area contributed by atoms with Gasteiger partial charge in [0.05, 0.1) is 19.3 Å². The molecule has 1 aromatic carbocycles. The largest absolute Gasteiger partial charge is 0.380 e. The Hall–Kier alpha value is -0.930. The third kappa shape index (κ3) is 6.39. The van der Waals surface area contributed by atoms with Crippen molar-refractivity contribution < 1.29 is 4.74 Å². The molecule has 1 atom stereocenters. The van der Waals surface area contributed by atoms with Crippen molar-refractivity contribution in [2.45, 2.75) is 12.5 Å². The lowest BCUT2D eigenvalue weighted by atomic mass is 10.2. The molecule has 1 N–H and O–H groups in total. The van der Waals surface area contributed by atoms with Crippen LogP contribution in [-0.2, 0) is 4.74 Å². The third-order valence-electron chi connectivity index (χ3n) is 2.37. The zero-order chi connectivity index (χ0) is 12.3. The Bertz CT molecular complexity index is 302. The van der Waals surface area contributed by atoms with Gasteiger partial charge in [0.1, 0.15) is 0 Å². The molecule has 0 aliphatic rings. The summed E-state index contributed by atoms with van der Waals surface area (Å²) in [6, 6.07) is 10.6. The first-order valence-corrected chi connectivity index (χ1v) is 7.25. The lowest BCUT2D eigenvalue weighted by Crippen LogP contribution is -2.26. The monoisotopic (exact) mass is 251 g/mol. The van der Waals surface area contributed by atoms with E-state index in [1.54, 1.807) is 6.08 Å². The summed E-state index contributed by atoms with van der Waals surface area (Å²) in [4.78, 5) is 0. The fraction of sp³-hybridized carbons (Fsp3) is 0.429. The summed E-state index contributed by atoms with van der Waals surface area (Å²) in [5, 5.41) is 3.50. The highest BCUT2D eigenvalue weighted by atomic mass is 32.2. The number of benzene rings is 1. The maximum Gasteiger partial charge on any atom is 0.0672 e. The van der Waals surface area contributed by atoms with Gasteiger partial charge in [-0.15, -0.1) is 6.58 Å². The van der Waals surface area contributed by atoms with Gasteiger partial charge in [-0.2, -0.15) is 11.8 Å². The summed E-state index contributed by atoms with van der Waals surface area (Å²) in [6.45, 7) is 5.00. The topological polar surface area (TPSA) is 21.3 Å². The number of anilines is 1. The number of nitrogens with one attached hydrogen (secondary N) is 1. The van der Waals surface area contributed by atoms with Gasteiger partial charge in [0.25, 0.3) is 0 Å². The predicted molar refractivity (Wildman–Crippen MR) is 77.9 cm³/mol. The van der Waals surface area contributed by atoms with Crippen LogP contribution in [0.2, 0.25) is 0 Å². The van der Waals surface area contributed by atoms with Crippen LogP contribution in [0.1, 0.15) is 6.42 Å². The van der Waals surface area contributed by atoms with Gasteiger partial charge in [0, 0.05) is 5.69 Å². The Morgan fingerprint density at radius 3 is 2.82 bits per heavy atom. The normalized spacial score (nSPS) is 12.1. The summed E-state index contributed by atoms with van der Waals surface area (Å²) in [5.74, 6) is 1.14. The van der Waals surface area contributed by atoms with Gasteiger partial charge in [-0.25, -0.2) is 0 Å². The molecular weight excluding hydrogens is 230 g/mol. The fourth-order valence-corrected chi connectivity index (χ4v) is 2.04. The van der Waals surface area contributed by atoms with E-state index in [4.69, 9.17) is 4.74 Å². The van der Waals surface area contributed by atoms with Crippen LogP contribution in [0.25, 0.3) is 0 Å². The summed E-state index contributed by atoms with van der Waals surface area (Å²) in [5.41, 5.74) is 1.15. The molecule has 0 heterocycles. The standard InChI is InChI=1S/C14H21NOS/c1-3-10-16-12-14(9-11-17-2)15-13-7-5-4-6-8-13/h3-8,14-15H,1,9-12H2,2H3/t14-/m0/s1. The van der Waals surface area contributed by atoms with Crippen LogP contribution in [0.15, 0.2) is 43.0 Å². The second-order valence-electron chi connectivity index (χ2n) is 3.81. The first-order chi connectivity index (χ1) is 8.36. The van der Waals surface area contributed by atoms with Gasteiger partial charge < -0.3 is 10.1 Å². The maximum atomic E-state index is 5.52. The molecule has 0 saturated heterocycles. The SMILES string of the molecule is C=CCOC[C@H](CCSC)Nc1ccccc1. The smallest absolute Gasteiger partial charge is 0.0672 e. The van der Waals surface area contributed by atoms with Gasteiger partial charge >= 0.3 is 0 Å². The van der Waals surface area contributed by atoms with Gasteiger partial charge in [-0.1, -0.05) is 24.3 Å². The summed E-state index contributed by atoms with van der Waals surface area (Å²) >= 11 is 1.86. The van der Waals surface area contributed by atoms with Crippen molar-refractivity contribution in [3.8, 4) is 0 Å². The maximum absolute atomic E-state index is 5.52. The van der Waals surface area contributed by atoms with Crippen molar-refractivity contribution in [2.24, 2.45) is 0 Å². The van der Waals surface area contributed by atoms with E-state index in [2.05, 4.69) is 30.3 Å². The highest BCUT2D eigenvalue weighted by Gasteiger charge is 2.07. The molecule has 0 bridgehead atoms. The molecule has 17 heavy (non-hydrogen) atoms. The molecule has 94 valence electrons. The first kappa shape index (κ1) is 14.1. The molecule has 2 nitrogen and oxygen atoms in total. The highest BCUT2D eigenvalue weighted by molar-refractivity contribution is 7.98. The number of hydrogen-bond acceptors (Lipinski definition) is 3. The van der Waals surface area contributed by atoms with E-state index in [0.717, 1.165) is 24.5 Å². The minimum atomic E-state index is 0.366. The van der Waals surface area contributed by atoms with Gasteiger partial charge in [0.15, 0.2) is 0 Å². The molecule has 0 aliphatic carbocycles. The summed E-state index contributed by atoms with van der Waals surface area (Å²) in [6.07, 6.45) is 5.02. The number of rotatable bonds is 9. The van der Waals surface area contributed by atoms with Gasteiger partial charge in [-0.3, -0.25) is 0 Å². The van der Waals surface area contributed by atoms with Crippen LogP contribution in [0, 0.1) is 0 Å². The second-order valence-corrected chi connectivity index (χ2v) is 4.80. The van der Waals surface area contributed by atoms with E-state index < -0.39 is 0 Å². The molecular formula is C14H21NOS. The van der Waals surface area contributed by atoms with Crippen LogP contribution in [-0.4, -0.2) is 31.3 Å².